The van der Waals surface area contributed by atoms with Crippen molar-refractivity contribution in [3.63, 3.8) is 0 Å². The quantitative estimate of drug-likeness (QED) is 0.0144. The maximum atomic E-state index is 12.0. The summed E-state index contributed by atoms with van der Waals surface area (Å²) in [6, 6.07) is -2.08. The Bertz CT molecular complexity index is 2350. The van der Waals surface area contributed by atoms with Crippen molar-refractivity contribution < 1.29 is 105 Å². The second kappa shape index (κ2) is 47.1. The van der Waals surface area contributed by atoms with Crippen LogP contribution in [0.5, 0.6) is 0 Å². The number of hydrogen-bond acceptors (Lipinski definition) is 17. The van der Waals surface area contributed by atoms with Crippen LogP contribution in [0.1, 0.15) is 162 Å². The first-order chi connectivity index (χ1) is 39.4. The molecule has 4 rings (SSSR count). The molecule has 0 unspecified atom stereocenters. The summed E-state index contributed by atoms with van der Waals surface area (Å²) in [5.41, 5.74) is 8.11. The standard InChI is InChI=1S/C16H25N3O3.C16H29NO2.C14H21N3O4.C7H10N4O.C2H5O2P.CO2.Ar.O2/c1-7-16(17-6)9-8-12(18-11(2)20)13(10-16)19-14(21)22-15(3,4)5;1-6-13-9-11(4)16(17-12(5)18)15(10-13)19-14(7-2)8-3;1-8(18)16-12-10(6-9(15-5)7-11(12)19)17-13(20)21-14(2,3)4;8-11-10-7-4-2-1-3-6(7)9-5-12;1-2-4-5-3;2-1-3;;1-2/h8-9,12-13H,7,10H2,1-5H3,(H,18,20)(H,19,21);10-11,14-16H,6-9H2,1-5H3,(H,17,18);7,10-12,19H,6H2,1-4H3,(H,16,18)(H,17,20);1-2,5-7H,3-4H2,(H,9,12);2H2,1H3;;;/t12-,13-,16+;11-,15+,16+;10-,11-,12+;6-,7-;;;;/m0000..../s1. The Morgan fingerprint density at radius 2 is 1.35 bits per heavy atom. The molecule has 0 radical (unpaired) electrons. The van der Waals surface area contributed by atoms with Gasteiger partial charge in [-0.05, 0) is 105 Å². The molecule has 85 heavy (non-hydrogen) atoms. The van der Waals surface area contributed by atoms with E-state index in [-0.39, 0.29) is 119 Å². The Morgan fingerprint density at radius 3 is 1.76 bits per heavy atom. The van der Waals surface area contributed by atoms with Crippen molar-refractivity contribution in [2.24, 2.45) is 11.0 Å². The SMILES string of the molecule is CCC1=C[C@@H](OC(CC)CC)[C@H](NC(C)=O)[C@@H](C)C1.CCOP=O.O=C=O.O=O.[Ar].[C-]#[N+]C1=C[C@H](O)[C@H](NC(C)=O)[C@@H](NC(=O)OC(C)(C)C)C1.[C-]#[N+][C@]1(CC)C=C[C@H](NC(C)=O)[C@@H](NC(=O)OC(C)(C)C)C1.[N-]=[N+]=N[C@H]1CC=CC[C@@H]1NC=O. The molecule has 6 amide bonds. The van der Waals surface area contributed by atoms with Crippen molar-refractivity contribution in [3.05, 3.63) is 90.9 Å². The number of aliphatic hydroxyl groups excluding tert-OH is 1. The van der Waals surface area contributed by atoms with Gasteiger partial charge in [0.1, 0.15) is 11.2 Å². The number of azide groups is 1. The number of nitrogens with zero attached hydrogens (tertiary/aromatic N) is 5. The van der Waals surface area contributed by atoms with Gasteiger partial charge >= 0.3 is 27.0 Å². The maximum absolute atomic E-state index is 12.0. The van der Waals surface area contributed by atoms with Crippen molar-refractivity contribution in [1.29, 1.82) is 0 Å². The molecule has 11 atom stereocenters. The second-order valence-corrected chi connectivity index (χ2v) is 21.8. The third kappa shape index (κ3) is 38.5. The Labute approximate surface area is 531 Å². The van der Waals surface area contributed by atoms with Crippen LogP contribution in [0, 0.1) is 66.7 Å². The van der Waals surface area contributed by atoms with Gasteiger partial charge in [-0.2, -0.15) is 9.59 Å². The van der Waals surface area contributed by atoms with Crippen LogP contribution in [0.15, 0.2) is 52.8 Å². The summed E-state index contributed by atoms with van der Waals surface area (Å²) in [6.07, 6.45) is 17.1. The summed E-state index contributed by atoms with van der Waals surface area (Å²) in [7, 11) is -0.220. The van der Waals surface area contributed by atoms with E-state index in [2.05, 4.69) is 89.9 Å². The molecule has 0 heterocycles. The minimum atomic E-state index is -1.04. The molecule has 0 spiro atoms. The average Bonchev–Trinajstić information content (AvgIpc) is 2.96. The number of ether oxygens (including phenoxy) is 3. The van der Waals surface area contributed by atoms with E-state index in [9.17, 15) is 38.4 Å². The van der Waals surface area contributed by atoms with Crippen LogP contribution in [0.4, 0.5) is 9.59 Å². The molecule has 0 saturated carbocycles. The Morgan fingerprint density at radius 1 is 0.835 bits per heavy atom. The number of hydrogen-bond donors (Lipinski definition) is 7. The molecule has 0 bridgehead atoms. The van der Waals surface area contributed by atoms with Crippen LogP contribution in [0.3, 0.4) is 0 Å². The van der Waals surface area contributed by atoms with Crippen LogP contribution in [-0.2, 0) is 52.1 Å². The van der Waals surface area contributed by atoms with E-state index < -0.39 is 47.1 Å². The van der Waals surface area contributed by atoms with Crippen molar-refractivity contribution in [2.45, 2.75) is 239 Å². The zero-order valence-corrected chi connectivity index (χ0v) is 53.2. The van der Waals surface area contributed by atoms with Crippen LogP contribution in [0.2, 0.25) is 0 Å². The van der Waals surface area contributed by atoms with E-state index >= 15 is 0 Å². The predicted octanol–water partition coefficient (Wildman–Crippen LogP) is 8.65. The van der Waals surface area contributed by atoms with Crippen molar-refractivity contribution in [1.82, 2.24) is 31.9 Å². The van der Waals surface area contributed by atoms with Gasteiger partial charge in [-0.3, -0.25) is 23.7 Å². The van der Waals surface area contributed by atoms with Crippen molar-refractivity contribution in [3.8, 4) is 0 Å². The zero-order valence-electron chi connectivity index (χ0n) is 51.6. The molecule has 0 aromatic carbocycles. The average molecular weight is 1240 g/mol. The third-order valence-corrected chi connectivity index (χ3v) is 12.8. The normalized spacial score (nSPS) is 24.0. The van der Waals surface area contributed by atoms with Crippen LogP contribution in [0.25, 0.3) is 20.1 Å². The summed E-state index contributed by atoms with van der Waals surface area (Å²) in [6.45, 7) is 42.3. The molecule has 0 aliphatic heterocycles. The summed E-state index contributed by atoms with van der Waals surface area (Å²) in [5.74, 6) is -0.0429. The minimum absolute atomic E-state index is 0. The summed E-state index contributed by atoms with van der Waals surface area (Å²) < 4.78 is 30.2. The summed E-state index contributed by atoms with van der Waals surface area (Å²) in [4.78, 5) is 108. The van der Waals surface area contributed by atoms with Crippen molar-refractivity contribution >= 4 is 51.2 Å². The van der Waals surface area contributed by atoms with Gasteiger partial charge in [0.15, 0.2) is 5.70 Å². The van der Waals surface area contributed by atoms with E-state index in [0.29, 0.717) is 43.9 Å². The molecular formula is C56H90ArN11O16P. The number of carbonyl (C=O) groups excluding carboxylic acids is 8. The molecule has 4 aliphatic carbocycles. The van der Waals surface area contributed by atoms with Gasteiger partial charge in [0.25, 0.3) is 5.54 Å². The monoisotopic (exact) mass is 1240 g/mol. The van der Waals surface area contributed by atoms with Gasteiger partial charge in [0.05, 0.1) is 74.2 Å². The molecule has 27 nitrogen and oxygen atoms in total. The van der Waals surface area contributed by atoms with Gasteiger partial charge in [0.2, 0.25) is 24.1 Å². The third-order valence-electron chi connectivity index (χ3n) is 12.4. The molecule has 29 heteroatoms. The number of alkyl carbamates (subject to hydrolysis) is 2. The topological polar surface area (TPSA) is 375 Å². The Kier molecular flexibility index (Phi) is 47.3. The van der Waals surface area contributed by atoms with Crippen LogP contribution >= 0.6 is 8.69 Å². The maximum Gasteiger partial charge on any atom is 0.407 e. The van der Waals surface area contributed by atoms with Crippen molar-refractivity contribution in [2.75, 3.05) is 6.61 Å². The number of rotatable bonds is 16. The Hall–Kier alpha value is -6.11. The molecule has 0 aromatic rings. The van der Waals surface area contributed by atoms with Gasteiger partial charge in [0, 0.05) is 92.2 Å². The van der Waals surface area contributed by atoms with Gasteiger partial charge in [-0.25, -0.2) is 25.6 Å². The molecule has 0 aromatic heterocycles. The smallest absolute Gasteiger partial charge is 0.407 e. The van der Waals surface area contributed by atoms with E-state index in [1.165, 1.54) is 25.5 Å². The number of allylic oxidation sites excluding steroid dienone is 1. The van der Waals surface area contributed by atoms with E-state index in [0.717, 1.165) is 32.1 Å². The minimum Gasteiger partial charge on any atom is -0.444 e. The number of carbonyl (C=O) groups is 6. The fourth-order valence-electron chi connectivity index (χ4n) is 8.59. The van der Waals surface area contributed by atoms with Crippen LogP contribution in [-0.4, -0.2) is 132 Å². The van der Waals surface area contributed by atoms with Gasteiger partial charge in [-0.15, -0.1) is 0 Å². The fourth-order valence-corrected chi connectivity index (χ4v) is 8.70. The second-order valence-electron chi connectivity index (χ2n) is 21.4. The molecule has 0 fully saturated rings. The first-order valence-corrected chi connectivity index (χ1v) is 28.2. The number of aliphatic hydroxyl groups is 1. The van der Waals surface area contributed by atoms with Crippen LogP contribution < -0.4 is 31.9 Å². The first-order valence-electron chi connectivity index (χ1n) is 27.4. The summed E-state index contributed by atoms with van der Waals surface area (Å²) in [5, 5.41) is 30.1. The van der Waals surface area contributed by atoms with E-state index in [1.54, 1.807) is 61.5 Å². The molecule has 0 saturated heterocycles. The molecule has 478 valence electrons. The zero-order chi connectivity index (χ0) is 65.2. The first kappa shape index (κ1) is 85.3. The van der Waals surface area contributed by atoms with Gasteiger partial charge < -0.3 is 56.1 Å². The van der Waals surface area contributed by atoms with E-state index in [4.69, 9.17) is 52.4 Å². The van der Waals surface area contributed by atoms with Gasteiger partial charge in [-0.1, -0.05) is 75.7 Å². The van der Waals surface area contributed by atoms with E-state index in [1.807, 2.05) is 25.2 Å². The predicted molar refractivity (Wildman–Crippen MR) is 314 cm³/mol. The summed E-state index contributed by atoms with van der Waals surface area (Å²) >= 11 is 0. The number of nitrogens with one attached hydrogen (secondary N) is 6. The fraction of sp³-hybridized carbons (Fsp3) is 0.696. The molecule has 7 N–H and O–H groups in total. The Balaban J connectivity index is -0.000000492. The molecule has 4 aliphatic rings. The largest absolute Gasteiger partial charge is 0.444 e. The molecular weight excluding hydrogens is 1150 g/mol. The number of amides is 6.